The Labute approximate surface area is 115 Å². The standard InChI is InChI=1S/C11H17N3O4S/c1-7(2)19-6-10(16)14-9(11(17)18)4-3-8(15)5-13-12/h5,7,9H,3-4,6H2,1-2H3,(H,14,16)(H,17,18)/t9-/m0/s1. The van der Waals surface area contributed by atoms with Crippen LogP contribution in [0.5, 0.6) is 0 Å². The minimum Gasteiger partial charge on any atom is -0.480 e. The molecule has 7 nitrogen and oxygen atoms in total. The van der Waals surface area contributed by atoms with Crippen LogP contribution in [-0.4, -0.2) is 50.8 Å². The molecule has 0 aliphatic heterocycles. The van der Waals surface area contributed by atoms with Gasteiger partial charge in [0.15, 0.2) is 0 Å². The molecule has 19 heavy (non-hydrogen) atoms. The van der Waals surface area contributed by atoms with Crippen molar-refractivity contribution >= 4 is 35.6 Å². The summed E-state index contributed by atoms with van der Waals surface area (Å²) in [5, 5.41) is 11.6. The molecule has 0 spiro atoms. The molecule has 0 radical (unpaired) electrons. The van der Waals surface area contributed by atoms with Crippen LogP contribution in [-0.2, 0) is 14.4 Å². The lowest BCUT2D eigenvalue weighted by Gasteiger charge is -2.13. The highest BCUT2D eigenvalue weighted by molar-refractivity contribution is 8.00. The van der Waals surface area contributed by atoms with Gasteiger partial charge in [0.2, 0.25) is 11.7 Å². The first-order valence-corrected chi connectivity index (χ1v) is 6.75. The first-order chi connectivity index (χ1) is 8.86. The SMILES string of the molecule is CC(C)SCC(=O)N[C@@H](CCC(=O)C=[N+]=[N-])C(=O)O. The van der Waals surface area contributed by atoms with Gasteiger partial charge in [0.05, 0.1) is 5.75 Å². The second-order valence-corrected chi connectivity index (χ2v) is 5.63. The van der Waals surface area contributed by atoms with Gasteiger partial charge < -0.3 is 16.0 Å². The molecule has 0 aromatic carbocycles. The Morgan fingerprint density at radius 1 is 1.42 bits per heavy atom. The lowest BCUT2D eigenvalue weighted by atomic mass is 10.1. The topological polar surface area (TPSA) is 120 Å². The normalized spacial score (nSPS) is 11.5. The van der Waals surface area contributed by atoms with Gasteiger partial charge in [-0.2, -0.15) is 4.79 Å². The van der Waals surface area contributed by atoms with E-state index in [1.165, 1.54) is 11.8 Å². The maximum atomic E-state index is 11.5. The van der Waals surface area contributed by atoms with E-state index in [0.29, 0.717) is 6.21 Å². The van der Waals surface area contributed by atoms with Gasteiger partial charge in [-0.3, -0.25) is 9.59 Å². The van der Waals surface area contributed by atoms with Crippen LogP contribution < -0.4 is 5.32 Å². The molecule has 1 amide bonds. The van der Waals surface area contributed by atoms with Gasteiger partial charge in [-0.05, 0) is 11.7 Å². The van der Waals surface area contributed by atoms with E-state index in [-0.39, 0.29) is 29.8 Å². The molecule has 8 heteroatoms. The molecule has 0 heterocycles. The Bertz CT molecular complexity index is 391. The highest BCUT2D eigenvalue weighted by Crippen LogP contribution is 2.08. The number of ketones is 1. The Kier molecular flexibility index (Phi) is 8.48. The number of carboxylic acids is 1. The van der Waals surface area contributed by atoms with Gasteiger partial charge in [-0.1, -0.05) is 13.8 Å². The number of carbonyl (C=O) groups is 3. The molecular formula is C11H17N3O4S. The van der Waals surface area contributed by atoms with Crippen molar-refractivity contribution in [3.63, 3.8) is 0 Å². The first-order valence-electron chi connectivity index (χ1n) is 5.70. The van der Waals surface area contributed by atoms with Crippen LogP contribution in [0.15, 0.2) is 0 Å². The Morgan fingerprint density at radius 3 is 2.53 bits per heavy atom. The third kappa shape index (κ3) is 8.98. The van der Waals surface area contributed by atoms with Crippen molar-refractivity contribution < 1.29 is 24.3 Å². The number of hydrogen-bond donors (Lipinski definition) is 2. The molecule has 0 bridgehead atoms. The zero-order chi connectivity index (χ0) is 14.8. The largest absolute Gasteiger partial charge is 0.480 e. The number of nitrogens with zero attached hydrogens (tertiary/aromatic N) is 2. The lowest BCUT2D eigenvalue weighted by Crippen LogP contribution is -2.42. The van der Waals surface area contributed by atoms with Gasteiger partial charge >= 0.3 is 12.2 Å². The molecule has 1 atom stereocenters. The molecule has 0 aromatic rings. The Morgan fingerprint density at radius 2 is 2.05 bits per heavy atom. The summed E-state index contributed by atoms with van der Waals surface area (Å²) in [7, 11) is 0. The smallest absolute Gasteiger partial charge is 0.326 e. The number of nitrogens with one attached hydrogen (secondary N) is 1. The van der Waals surface area contributed by atoms with E-state index in [4.69, 9.17) is 10.6 Å². The van der Waals surface area contributed by atoms with Crippen molar-refractivity contribution in [2.75, 3.05) is 5.75 Å². The number of rotatable bonds is 9. The predicted molar refractivity (Wildman–Crippen MR) is 71.1 cm³/mol. The van der Waals surface area contributed by atoms with Gasteiger partial charge in [0, 0.05) is 6.42 Å². The van der Waals surface area contributed by atoms with E-state index in [0.717, 1.165) is 0 Å². The zero-order valence-electron chi connectivity index (χ0n) is 10.8. The summed E-state index contributed by atoms with van der Waals surface area (Å²) in [6.45, 7) is 3.86. The fourth-order valence-corrected chi connectivity index (χ4v) is 1.72. The van der Waals surface area contributed by atoms with Crippen molar-refractivity contribution in [1.82, 2.24) is 5.32 Å². The number of carbonyl (C=O) groups excluding carboxylic acids is 2. The minimum atomic E-state index is -1.20. The van der Waals surface area contributed by atoms with Crippen LogP contribution in [0, 0.1) is 0 Å². The van der Waals surface area contributed by atoms with Crippen LogP contribution >= 0.6 is 11.8 Å². The number of carboxylic acid groups (broad SMARTS) is 1. The van der Waals surface area contributed by atoms with Crippen molar-refractivity contribution in [3.8, 4) is 0 Å². The van der Waals surface area contributed by atoms with E-state index in [1.807, 2.05) is 13.8 Å². The van der Waals surface area contributed by atoms with Crippen LogP contribution in [0.2, 0.25) is 0 Å². The van der Waals surface area contributed by atoms with Crippen LogP contribution in [0.3, 0.4) is 0 Å². The third-order valence-electron chi connectivity index (χ3n) is 2.06. The summed E-state index contributed by atoms with van der Waals surface area (Å²) >= 11 is 1.40. The maximum Gasteiger partial charge on any atom is 0.326 e. The summed E-state index contributed by atoms with van der Waals surface area (Å²) in [5.41, 5.74) is 8.14. The Balaban J connectivity index is 4.26. The number of hydrogen-bond acceptors (Lipinski definition) is 4. The number of aliphatic carboxylic acids is 1. The highest BCUT2D eigenvalue weighted by atomic mass is 32.2. The van der Waals surface area contributed by atoms with E-state index in [9.17, 15) is 14.4 Å². The Hall–Kier alpha value is -1.66. The average molecular weight is 287 g/mol. The van der Waals surface area contributed by atoms with Gasteiger partial charge in [0.1, 0.15) is 6.04 Å². The molecule has 0 saturated carbocycles. The van der Waals surface area contributed by atoms with Crippen LogP contribution in [0.25, 0.3) is 5.53 Å². The second kappa shape index (κ2) is 9.29. The molecular weight excluding hydrogens is 270 g/mol. The number of amides is 1. The summed E-state index contributed by atoms with van der Waals surface area (Å²) in [4.78, 5) is 36.0. The minimum absolute atomic E-state index is 0.0434. The second-order valence-electron chi connectivity index (χ2n) is 4.07. The maximum absolute atomic E-state index is 11.5. The highest BCUT2D eigenvalue weighted by Gasteiger charge is 2.21. The molecule has 0 saturated heterocycles. The van der Waals surface area contributed by atoms with Crippen molar-refractivity contribution in [1.29, 1.82) is 0 Å². The lowest BCUT2D eigenvalue weighted by molar-refractivity contribution is -0.141. The fourth-order valence-electron chi connectivity index (χ4n) is 1.15. The van der Waals surface area contributed by atoms with E-state index in [1.54, 1.807) is 0 Å². The molecule has 0 aliphatic rings. The average Bonchev–Trinajstić information content (AvgIpc) is 2.31. The quantitative estimate of drug-likeness (QED) is 0.360. The molecule has 0 unspecified atom stereocenters. The number of Topliss-reactive ketones (excluding diaryl/α,β-unsaturated/α-hetero) is 1. The van der Waals surface area contributed by atoms with Crippen molar-refractivity contribution in [3.05, 3.63) is 5.53 Å². The van der Waals surface area contributed by atoms with Crippen LogP contribution in [0.1, 0.15) is 26.7 Å². The van der Waals surface area contributed by atoms with E-state index >= 15 is 0 Å². The molecule has 0 aliphatic carbocycles. The third-order valence-corrected chi connectivity index (χ3v) is 3.16. The summed E-state index contributed by atoms with van der Waals surface area (Å²) in [5.74, 6) is -1.90. The van der Waals surface area contributed by atoms with Gasteiger partial charge in [-0.15, -0.1) is 11.8 Å². The predicted octanol–water partition coefficient (Wildman–Crippen LogP) is 0.347. The molecule has 0 rings (SSSR count). The molecule has 106 valence electrons. The van der Waals surface area contributed by atoms with Crippen molar-refractivity contribution in [2.24, 2.45) is 0 Å². The monoisotopic (exact) mass is 287 g/mol. The molecule has 0 aromatic heterocycles. The summed E-state index contributed by atoms with van der Waals surface area (Å²) < 4.78 is 0. The van der Waals surface area contributed by atoms with Crippen molar-refractivity contribution in [2.45, 2.75) is 38.0 Å². The van der Waals surface area contributed by atoms with E-state index < -0.39 is 17.8 Å². The van der Waals surface area contributed by atoms with Crippen LogP contribution in [0.4, 0.5) is 0 Å². The molecule has 0 fully saturated rings. The van der Waals surface area contributed by atoms with Gasteiger partial charge in [-0.25, -0.2) is 4.79 Å². The number of thioether (sulfide) groups is 1. The molecule has 2 N–H and O–H groups in total. The zero-order valence-corrected chi connectivity index (χ0v) is 11.6. The summed E-state index contributed by atoms with van der Waals surface area (Å²) in [6.07, 6.45) is 0.548. The first kappa shape index (κ1) is 17.3. The fraction of sp³-hybridized carbons (Fsp3) is 0.636. The van der Waals surface area contributed by atoms with E-state index in [2.05, 4.69) is 10.1 Å². The van der Waals surface area contributed by atoms with Gasteiger partial charge in [0.25, 0.3) is 0 Å². The summed E-state index contributed by atoms with van der Waals surface area (Å²) in [6, 6.07) is -1.11.